The average molecular weight is 2070 g/mol. The molecule has 0 spiro atoms. The van der Waals surface area contributed by atoms with Crippen molar-refractivity contribution in [1.29, 1.82) is 0 Å². The number of para-hydroxylation sites is 9. The molecule has 1 heterocycles. The van der Waals surface area contributed by atoms with Crippen LogP contribution in [0.4, 0.5) is 119 Å². The van der Waals surface area contributed by atoms with Crippen LogP contribution in [0.5, 0.6) is 0 Å². The molecule has 0 amide bonds. The predicted molar refractivity (Wildman–Crippen MR) is 565 cm³/mol. The summed E-state index contributed by atoms with van der Waals surface area (Å²) in [7, 11) is 0. The van der Waals surface area contributed by atoms with Gasteiger partial charge in [-0.25, -0.2) is 0 Å². The lowest BCUT2D eigenvalue weighted by atomic mass is 10.1. The summed E-state index contributed by atoms with van der Waals surface area (Å²) in [4.78, 5) is 11.5. The summed E-state index contributed by atoms with van der Waals surface area (Å²) in [5.74, 6) is 0. The number of anilines is 21. The Morgan fingerprint density at radius 2 is 0.408 bits per heavy atom. The molecule has 18 aromatic rings. The Morgan fingerprint density at radius 1 is 0.192 bits per heavy atom. The second kappa shape index (κ2) is 49.0. The number of nitrogens with one attached hydrogen (secondary N) is 2. The molecule has 1 aliphatic heterocycles. The summed E-state index contributed by atoms with van der Waals surface area (Å²) in [5, 5.41) is 6.78. The number of halogens is 6. The van der Waals surface area contributed by atoms with E-state index in [-0.39, 0.29) is 14.9 Å². The van der Waals surface area contributed by atoms with Crippen molar-refractivity contribution < 1.29 is 0 Å². The van der Waals surface area contributed by atoms with Crippen LogP contribution in [0.2, 0.25) is 0 Å². The van der Waals surface area contributed by atoms with Crippen molar-refractivity contribution in [2.24, 2.45) is 0 Å². The minimum atomic E-state index is 0. The van der Waals surface area contributed by atoms with Crippen molar-refractivity contribution >= 4 is 222 Å². The van der Waals surface area contributed by atoms with Gasteiger partial charge in [0.1, 0.15) is 0 Å². The number of benzene rings is 18. The van der Waals surface area contributed by atoms with Crippen molar-refractivity contribution in [3.63, 3.8) is 0 Å². The molecule has 15 heteroatoms. The maximum Gasteiger partial charge on any atom is 0.0482 e. The van der Waals surface area contributed by atoms with Gasteiger partial charge in [-0.1, -0.05) is 313 Å². The summed E-state index contributed by atoms with van der Waals surface area (Å²) in [5.41, 5.74) is 33.1. The smallest absolute Gasteiger partial charge is 0.0482 e. The molecule has 19 rings (SSSR count). The molecule has 0 unspecified atom stereocenters. The molecule has 0 radical (unpaired) electrons. The zero-order valence-electron chi connectivity index (χ0n) is 66.9. The van der Waals surface area contributed by atoms with Crippen LogP contribution in [0.3, 0.4) is 0 Å². The van der Waals surface area contributed by atoms with Gasteiger partial charge in [0.25, 0.3) is 0 Å². The van der Waals surface area contributed by atoms with Gasteiger partial charge in [-0.3, -0.25) is 0 Å². The minimum Gasteiger partial charge on any atom is -0.399 e. The van der Waals surface area contributed by atoms with Crippen LogP contribution >= 0.6 is 102 Å². The van der Waals surface area contributed by atoms with Gasteiger partial charge in [-0.15, -0.1) is 0 Å². The van der Waals surface area contributed by atoms with Gasteiger partial charge in [0.15, 0.2) is 0 Å². The van der Waals surface area contributed by atoms with E-state index in [9.17, 15) is 0 Å². The maximum atomic E-state index is 5.36. The first-order valence-corrected chi connectivity index (χ1v) is 44.7. The highest BCUT2D eigenvalue weighted by atomic mass is 127. The van der Waals surface area contributed by atoms with Gasteiger partial charge in [0, 0.05) is 145 Å². The molecule has 9 nitrogen and oxygen atoms in total. The Morgan fingerprint density at radius 3 is 0.672 bits per heavy atom. The summed E-state index contributed by atoms with van der Waals surface area (Å²) in [6.45, 7) is 0. The van der Waals surface area contributed by atoms with Crippen LogP contribution in [0.15, 0.2) is 514 Å². The lowest BCUT2D eigenvalue weighted by molar-refractivity contribution is 1.22. The van der Waals surface area contributed by atoms with Gasteiger partial charge in [0.05, 0.1) is 0 Å². The summed E-state index contributed by atoms with van der Waals surface area (Å²) in [6.07, 6.45) is 0. The van der Waals surface area contributed by atoms with Crippen molar-refractivity contribution in [1.82, 2.24) is 0 Å². The molecule has 0 saturated heterocycles. The standard InChI is InChI=1S/C36H27N3.C30H22Br2N2.C18H16N2.C6H4Br2.C6H4BrI.2C6H7N.2CH4/c1-4-13-28(14-5-1)37-31-19-10-21-33(25-31)38(29-15-6-2-7-16-29)35-23-12-24-36(27-35)39(30-17-8-3-9-18-30)34-22-11-20-32(37)26-34;31-23-10-7-16-27(20-23)33(25-12-3-1-4-13-25)29-18-9-19-30(22-29)34(26-14-5-2-6-15-26)28-17-8-11-24(32)21-28;1-3-8-15(9-4-1)19-17-12-7-13-18(14-17)20-16-10-5-2-6-11-16;2*7-5-2-1-3-6(8)4-5;2*7-6-4-2-1-3-5-6;;/h1-27H;1-22H;1-14,19-20H;2*1-4H;2*1-5H,7H2;2*1H4. The fraction of sp³-hybridized carbons (Fsp3) is 0.0182. The number of nitrogen functional groups attached to an aromatic ring is 2. The molecule has 0 saturated carbocycles. The largest absolute Gasteiger partial charge is 0.399 e. The monoisotopic (exact) mass is 2060 g/mol. The SMILES string of the molecule is Brc1cccc(Br)c1.Brc1cccc(I)c1.Brc1cccc(N(c2ccccc2)c2cccc(N(c3ccccc3)c3cccc(Br)c3)c2)c1.C.C.Nc1ccccc1.Nc1ccccc1.c1ccc(N2c3cccc(c3)N(c3ccccc3)c3cccc(c3)N(c3ccccc3)c3cccc2c3)cc1.c1ccc(Nc2cccc(Nc3ccccc3)c2)cc1. The van der Waals surface area contributed by atoms with Crippen molar-refractivity contribution in [2.45, 2.75) is 14.9 Å². The molecule has 622 valence electrons. The summed E-state index contributed by atoms with van der Waals surface area (Å²) >= 11 is 19.6. The third kappa shape index (κ3) is 28.2. The first-order chi connectivity index (χ1) is 60.3. The third-order valence-electron chi connectivity index (χ3n) is 18.7. The molecule has 1 aliphatic rings. The van der Waals surface area contributed by atoms with Crippen LogP contribution in [0, 0.1) is 3.57 Å². The zero-order chi connectivity index (χ0) is 85.2. The molecule has 0 atom stereocenters. The maximum absolute atomic E-state index is 5.36. The summed E-state index contributed by atoms with van der Waals surface area (Å²) < 4.78 is 6.70. The van der Waals surface area contributed by atoms with Crippen LogP contribution in [-0.4, -0.2) is 0 Å². The number of hydrogen-bond donors (Lipinski definition) is 4. The second-order valence-corrected chi connectivity index (χ2v) is 33.5. The van der Waals surface area contributed by atoms with Gasteiger partial charge < -0.3 is 46.6 Å². The van der Waals surface area contributed by atoms with Gasteiger partial charge in [-0.2, -0.15) is 0 Å². The highest BCUT2D eigenvalue weighted by molar-refractivity contribution is 14.1. The van der Waals surface area contributed by atoms with E-state index in [0.29, 0.717) is 0 Å². The fourth-order valence-corrected chi connectivity index (χ4v) is 16.6. The van der Waals surface area contributed by atoms with Gasteiger partial charge in [0.2, 0.25) is 0 Å². The Hall–Kier alpha value is -12.7. The van der Waals surface area contributed by atoms with Crippen LogP contribution in [-0.2, 0) is 0 Å². The minimum absolute atomic E-state index is 0. The lowest BCUT2D eigenvalue weighted by Crippen LogP contribution is -2.16. The molecule has 0 aromatic heterocycles. The van der Waals surface area contributed by atoms with Gasteiger partial charge in [-0.05, 0) is 296 Å². The van der Waals surface area contributed by atoms with Crippen LogP contribution in [0.25, 0.3) is 0 Å². The lowest BCUT2D eigenvalue weighted by Gasteiger charge is -2.33. The first-order valence-electron chi connectivity index (χ1n) is 39.7. The van der Waals surface area contributed by atoms with E-state index >= 15 is 0 Å². The van der Waals surface area contributed by atoms with Gasteiger partial charge >= 0.3 is 0 Å². The van der Waals surface area contributed by atoms with Crippen molar-refractivity contribution in [3.8, 4) is 0 Å². The number of fused-ring (bicyclic) bond motifs is 6. The Kier molecular flexibility index (Phi) is 36.4. The molecular formula is C110H95Br5IN9. The fourth-order valence-electron chi connectivity index (χ4n) is 13.3. The van der Waals surface area contributed by atoms with E-state index in [1.807, 2.05) is 164 Å². The highest BCUT2D eigenvalue weighted by Crippen LogP contribution is 2.47. The van der Waals surface area contributed by atoms with Crippen LogP contribution in [0.1, 0.15) is 14.9 Å². The summed E-state index contributed by atoms with van der Waals surface area (Å²) in [6, 6.07) is 168. The molecule has 0 fully saturated rings. The Bertz CT molecular complexity index is 5680. The van der Waals surface area contributed by atoms with Crippen molar-refractivity contribution in [3.05, 3.63) is 517 Å². The van der Waals surface area contributed by atoms with Crippen LogP contribution < -0.4 is 46.6 Å². The zero-order valence-corrected chi connectivity index (χ0v) is 77.0. The Labute approximate surface area is 792 Å². The third-order valence-corrected chi connectivity index (χ3v) is 21.9. The molecule has 6 N–H and O–H groups in total. The normalized spacial score (nSPS) is 10.5. The molecule has 0 aliphatic carbocycles. The molecule has 125 heavy (non-hydrogen) atoms. The molecule has 6 bridgehead atoms. The van der Waals surface area contributed by atoms with E-state index in [4.69, 9.17) is 11.5 Å². The topological polar surface area (TPSA) is 92.3 Å². The molecule has 18 aromatic carbocycles. The quantitative estimate of drug-likeness (QED) is 0.0665. The number of nitrogens with two attached hydrogens (primary N) is 2. The first kappa shape index (κ1) is 93.0. The highest BCUT2D eigenvalue weighted by Gasteiger charge is 2.23. The van der Waals surface area contributed by atoms with E-state index in [0.717, 1.165) is 142 Å². The number of hydrogen-bond acceptors (Lipinski definition) is 9. The van der Waals surface area contributed by atoms with E-state index in [2.05, 4.69) is 465 Å². The average Bonchev–Trinajstić information content (AvgIpc) is 0.769. The predicted octanol–water partition coefficient (Wildman–Crippen LogP) is 35.8. The molecular weight excluding hydrogens is 1970 g/mol. The second-order valence-electron chi connectivity index (χ2n) is 27.7. The van der Waals surface area contributed by atoms with E-state index in [1.54, 1.807) is 0 Å². The number of nitrogens with zero attached hydrogens (tertiary/aromatic N) is 5. The Balaban J connectivity index is 0.000000158. The van der Waals surface area contributed by atoms with Crippen molar-refractivity contribution in [2.75, 3.05) is 46.6 Å². The van der Waals surface area contributed by atoms with E-state index < -0.39 is 0 Å². The number of rotatable bonds is 13. The van der Waals surface area contributed by atoms with E-state index in [1.165, 1.54) is 3.57 Å².